The summed E-state index contributed by atoms with van der Waals surface area (Å²) in [6, 6.07) is 6.37. The lowest BCUT2D eigenvalue weighted by Gasteiger charge is -2.14. The molecule has 0 heterocycles. The van der Waals surface area contributed by atoms with Crippen LogP contribution in [-0.4, -0.2) is 0 Å². The van der Waals surface area contributed by atoms with Gasteiger partial charge in [0, 0.05) is 17.1 Å². The summed E-state index contributed by atoms with van der Waals surface area (Å²) >= 11 is 0. The molecule has 3 nitrogen and oxygen atoms in total. The van der Waals surface area contributed by atoms with Crippen molar-refractivity contribution in [3.63, 3.8) is 0 Å². The fraction of sp³-hybridized carbons (Fsp3) is 0.312. The molecule has 0 aliphatic heterocycles. The van der Waals surface area contributed by atoms with Gasteiger partial charge in [-0.25, -0.2) is 0 Å². The number of nitrogens with two attached hydrogens (primary N) is 1. The molecule has 0 unspecified atom stereocenters. The molecule has 1 aromatic carbocycles. The Kier molecular flexibility index (Phi) is 4.77. The van der Waals surface area contributed by atoms with Crippen LogP contribution >= 0.6 is 0 Å². The zero-order valence-corrected chi connectivity index (χ0v) is 12.3. The van der Waals surface area contributed by atoms with Gasteiger partial charge in [0.05, 0.1) is 5.57 Å². The zero-order valence-electron chi connectivity index (χ0n) is 12.3. The number of allylic oxidation sites excluding steroid dienone is 4. The number of nitrogens with zero attached hydrogens (tertiary/aromatic N) is 1. The van der Waals surface area contributed by atoms with Crippen LogP contribution in [-0.2, 0) is 0 Å². The Morgan fingerprint density at radius 1 is 1.21 bits per heavy atom. The van der Waals surface area contributed by atoms with E-state index in [0.717, 1.165) is 11.4 Å². The van der Waals surface area contributed by atoms with Crippen molar-refractivity contribution in [3.8, 4) is 6.07 Å². The second-order valence-electron chi connectivity index (χ2n) is 4.93. The van der Waals surface area contributed by atoms with E-state index in [2.05, 4.69) is 44.3 Å². The summed E-state index contributed by atoms with van der Waals surface area (Å²) in [5, 5.41) is 12.3. The number of hydrogen-bond donors (Lipinski definition) is 2. The van der Waals surface area contributed by atoms with Crippen molar-refractivity contribution in [1.82, 2.24) is 0 Å². The summed E-state index contributed by atoms with van der Waals surface area (Å²) in [6.07, 6.45) is 1.77. The maximum absolute atomic E-state index is 9.00. The van der Waals surface area contributed by atoms with Crippen molar-refractivity contribution < 1.29 is 0 Å². The van der Waals surface area contributed by atoms with E-state index in [-0.39, 0.29) is 0 Å². The van der Waals surface area contributed by atoms with Gasteiger partial charge in [0.1, 0.15) is 6.07 Å². The highest BCUT2D eigenvalue weighted by atomic mass is 14.9. The minimum atomic E-state index is 0.493. The van der Waals surface area contributed by atoms with Gasteiger partial charge in [-0.05, 0) is 51.8 Å². The lowest BCUT2D eigenvalue weighted by molar-refractivity contribution is 1.24. The zero-order chi connectivity index (χ0) is 14.6. The lowest BCUT2D eigenvalue weighted by atomic mass is 10.0. The summed E-state index contributed by atoms with van der Waals surface area (Å²) in [4.78, 5) is 0. The second-order valence-corrected chi connectivity index (χ2v) is 4.93. The van der Waals surface area contributed by atoms with Crippen LogP contribution in [0.5, 0.6) is 0 Å². The van der Waals surface area contributed by atoms with Crippen LogP contribution in [0.15, 0.2) is 35.2 Å². The van der Waals surface area contributed by atoms with E-state index in [0.29, 0.717) is 11.3 Å². The first-order chi connectivity index (χ1) is 8.85. The van der Waals surface area contributed by atoms with Gasteiger partial charge in [-0.15, -0.1) is 0 Å². The van der Waals surface area contributed by atoms with Crippen molar-refractivity contribution in [2.75, 3.05) is 5.32 Å². The summed E-state index contributed by atoms with van der Waals surface area (Å²) in [5.41, 5.74) is 12.3. The smallest absolute Gasteiger partial charge is 0.101 e. The summed E-state index contributed by atoms with van der Waals surface area (Å²) in [5.74, 6) is 0. The quantitative estimate of drug-likeness (QED) is 0.639. The van der Waals surface area contributed by atoms with E-state index >= 15 is 0 Å². The van der Waals surface area contributed by atoms with Gasteiger partial charge in [0.2, 0.25) is 0 Å². The van der Waals surface area contributed by atoms with Gasteiger partial charge in [0.15, 0.2) is 0 Å². The van der Waals surface area contributed by atoms with E-state index < -0.39 is 0 Å². The number of rotatable bonds is 3. The van der Waals surface area contributed by atoms with Crippen LogP contribution in [0, 0.1) is 32.1 Å². The molecule has 0 amide bonds. The van der Waals surface area contributed by atoms with Crippen LogP contribution in [0.1, 0.15) is 30.5 Å². The molecule has 1 rings (SSSR count). The van der Waals surface area contributed by atoms with Gasteiger partial charge in [-0.1, -0.05) is 17.7 Å². The molecule has 1 aromatic rings. The number of anilines is 1. The molecule has 0 spiro atoms. The highest BCUT2D eigenvalue weighted by Gasteiger charge is 2.04. The number of benzene rings is 1. The van der Waals surface area contributed by atoms with Crippen molar-refractivity contribution in [2.45, 2.75) is 34.6 Å². The van der Waals surface area contributed by atoms with Crippen LogP contribution in [0.3, 0.4) is 0 Å². The molecule has 0 aromatic heterocycles. The second kappa shape index (κ2) is 6.10. The van der Waals surface area contributed by atoms with E-state index in [1.54, 1.807) is 13.0 Å². The van der Waals surface area contributed by atoms with E-state index in [9.17, 15) is 0 Å². The van der Waals surface area contributed by atoms with Gasteiger partial charge in [-0.3, -0.25) is 0 Å². The summed E-state index contributed by atoms with van der Waals surface area (Å²) in [7, 11) is 0. The molecule has 0 fully saturated rings. The van der Waals surface area contributed by atoms with Gasteiger partial charge in [0.25, 0.3) is 0 Å². The fourth-order valence-corrected chi connectivity index (χ4v) is 2.06. The third kappa shape index (κ3) is 3.89. The van der Waals surface area contributed by atoms with Crippen molar-refractivity contribution in [2.24, 2.45) is 5.73 Å². The molecule has 0 atom stereocenters. The molecule has 0 aliphatic carbocycles. The molecule has 100 valence electrons. The molecule has 0 bridgehead atoms. The van der Waals surface area contributed by atoms with Crippen molar-refractivity contribution in [3.05, 3.63) is 51.9 Å². The van der Waals surface area contributed by atoms with E-state index in [1.807, 2.05) is 6.92 Å². The SMILES string of the molecule is C/C(=C/C(C#N)=C(\C)N)Nc1c(C)cc(C)cc1C. The number of aryl methyl sites for hydroxylation is 3. The predicted octanol–water partition coefficient (Wildman–Crippen LogP) is 3.68. The Hall–Kier alpha value is -2.21. The van der Waals surface area contributed by atoms with Crippen molar-refractivity contribution >= 4 is 5.69 Å². The van der Waals surface area contributed by atoms with Gasteiger partial charge >= 0.3 is 0 Å². The van der Waals surface area contributed by atoms with Crippen LogP contribution in [0.25, 0.3) is 0 Å². The summed E-state index contributed by atoms with van der Waals surface area (Å²) < 4.78 is 0. The largest absolute Gasteiger partial charge is 0.401 e. The average molecular weight is 255 g/mol. The predicted molar refractivity (Wildman–Crippen MR) is 80.5 cm³/mol. The van der Waals surface area contributed by atoms with Gasteiger partial charge in [-0.2, -0.15) is 5.26 Å². The Bertz CT molecular complexity index is 559. The first-order valence-electron chi connectivity index (χ1n) is 6.24. The highest BCUT2D eigenvalue weighted by Crippen LogP contribution is 2.23. The minimum Gasteiger partial charge on any atom is -0.401 e. The topological polar surface area (TPSA) is 61.8 Å². The number of nitriles is 1. The monoisotopic (exact) mass is 255 g/mol. The molecule has 19 heavy (non-hydrogen) atoms. The van der Waals surface area contributed by atoms with E-state index in [4.69, 9.17) is 11.0 Å². The molecule has 3 N–H and O–H groups in total. The average Bonchev–Trinajstić information content (AvgIpc) is 2.30. The first-order valence-corrected chi connectivity index (χ1v) is 6.24. The Morgan fingerprint density at radius 3 is 2.16 bits per heavy atom. The highest BCUT2D eigenvalue weighted by molar-refractivity contribution is 5.61. The number of nitrogens with one attached hydrogen (secondary N) is 1. The molecular weight excluding hydrogens is 234 g/mol. The third-order valence-corrected chi connectivity index (χ3v) is 2.91. The minimum absolute atomic E-state index is 0.493. The molecule has 0 radical (unpaired) electrons. The van der Waals surface area contributed by atoms with Crippen LogP contribution < -0.4 is 11.1 Å². The standard InChI is InChI=1S/C16H21N3/c1-10-6-11(2)16(12(3)7-10)19-13(4)8-15(9-17)14(5)18/h6-8,19H,18H2,1-5H3/b13-8-,15-14-. The Balaban J connectivity index is 3.08. The molecule has 0 saturated heterocycles. The molecule has 0 saturated carbocycles. The molecule has 3 heteroatoms. The Morgan fingerprint density at radius 2 is 1.74 bits per heavy atom. The van der Waals surface area contributed by atoms with Gasteiger partial charge < -0.3 is 11.1 Å². The van der Waals surface area contributed by atoms with Crippen LogP contribution in [0.2, 0.25) is 0 Å². The van der Waals surface area contributed by atoms with Crippen molar-refractivity contribution in [1.29, 1.82) is 5.26 Å². The molecule has 0 aliphatic rings. The lowest BCUT2D eigenvalue weighted by Crippen LogP contribution is -2.02. The maximum atomic E-state index is 9.00. The molecular formula is C16H21N3. The third-order valence-electron chi connectivity index (χ3n) is 2.91. The maximum Gasteiger partial charge on any atom is 0.101 e. The normalized spacial score (nSPS) is 12.7. The first kappa shape index (κ1) is 14.8. The Labute approximate surface area is 115 Å². The van der Waals surface area contributed by atoms with E-state index in [1.165, 1.54) is 16.7 Å². The fourth-order valence-electron chi connectivity index (χ4n) is 2.06. The van der Waals surface area contributed by atoms with Crippen LogP contribution in [0.4, 0.5) is 5.69 Å². The number of hydrogen-bond acceptors (Lipinski definition) is 3. The summed E-state index contributed by atoms with van der Waals surface area (Å²) in [6.45, 7) is 9.89.